The molecular weight excluding hydrogens is 313 g/mol. The van der Waals surface area contributed by atoms with Crippen LogP contribution in [0.2, 0.25) is 0 Å². The van der Waals surface area contributed by atoms with E-state index in [4.69, 9.17) is 9.47 Å². The van der Waals surface area contributed by atoms with Gasteiger partial charge in [-0.05, 0) is 38.1 Å². The second kappa shape index (κ2) is 7.59. The third-order valence-electron chi connectivity index (χ3n) is 3.37. The van der Waals surface area contributed by atoms with Crippen molar-refractivity contribution in [2.45, 2.75) is 20.0 Å². The van der Waals surface area contributed by atoms with Crippen LogP contribution >= 0.6 is 0 Å². The Morgan fingerprint density at radius 3 is 2.50 bits per heavy atom. The average molecular weight is 331 g/mol. The number of methoxy groups -OCH3 is 1. The molecule has 0 saturated heterocycles. The molecule has 0 aromatic heterocycles. The van der Waals surface area contributed by atoms with Gasteiger partial charge in [-0.15, -0.1) is 0 Å². The second-order valence-corrected chi connectivity index (χ2v) is 5.15. The zero-order valence-corrected chi connectivity index (χ0v) is 13.6. The van der Waals surface area contributed by atoms with Gasteiger partial charge in [0, 0.05) is 6.07 Å². The van der Waals surface area contributed by atoms with Crippen LogP contribution in [-0.2, 0) is 4.79 Å². The first kappa shape index (κ1) is 17.5. The van der Waals surface area contributed by atoms with Crippen LogP contribution in [0.25, 0.3) is 0 Å². The van der Waals surface area contributed by atoms with Crippen LogP contribution in [0.15, 0.2) is 42.5 Å². The Hall–Kier alpha value is -2.89. The summed E-state index contributed by atoms with van der Waals surface area (Å²) in [5, 5.41) is 2.45. The van der Waals surface area contributed by atoms with Gasteiger partial charge in [-0.2, -0.15) is 0 Å². The molecule has 5 nitrogen and oxygen atoms in total. The number of hydrogen-bond donors (Lipinski definition) is 1. The number of carbonyl (C=O) groups excluding carboxylic acids is 2. The van der Waals surface area contributed by atoms with Gasteiger partial charge in [0.15, 0.2) is 11.9 Å². The molecule has 0 aliphatic heterocycles. The van der Waals surface area contributed by atoms with Gasteiger partial charge < -0.3 is 14.8 Å². The monoisotopic (exact) mass is 331 g/mol. The van der Waals surface area contributed by atoms with Crippen molar-refractivity contribution in [2.75, 3.05) is 12.4 Å². The smallest absolute Gasteiger partial charge is 0.265 e. The molecule has 0 fully saturated rings. The number of benzene rings is 2. The van der Waals surface area contributed by atoms with Gasteiger partial charge in [-0.3, -0.25) is 9.59 Å². The summed E-state index contributed by atoms with van der Waals surface area (Å²) in [5.74, 6) is -0.537. The lowest BCUT2D eigenvalue weighted by Crippen LogP contribution is -2.30. The van der Waals surface area contributed by atoms with Crippen molar-refractivity contribution in [3.8, 4) is 11.5 Å². The van der Waals surface area contributed by atoms with Gasteiger partial charge >= 0.3 is 0 Å². The molecule has 2 aromatic carbocycles. The zero-order valence-electron chi connectivity index (χ0n) is 13.6. The summed E-state index contributed by atoms with van der Waals surface area (Å²) < 4.78 is 24.3. The van der Waals surface area contributed by atoms with Crippen molar-refractivity contribution >= 4 is 17.4 Å². The van der Waals surface area contributed by atoms with E-state index in [1.54, 1.807) is 18.2 Å². The molecule has 2 rings (SSSR count). The van der Waals surface area contributed by atoms with Gasteiger partial charge in [-0.25, -0.2) is 4.39 Å². The Bertz CT molecular complexity index is 760. The molecule has 0 saturated carbocycles. The molecule has 126 valence electrons. The Labute approximate surface area is 139 Å². The first-order valence-electron chi connectivity index (χ1n) is 7.33. The van der Waals surface area contributed by atoms with Crippen molar-refractivity contribution < 1.29 is 23.5 Å². The molecule has 1 N–H and O–H groups in total. The number of para-hydroxylation sites is 1. The van der Waals surface area contributed by atoms with E-state index in [9.17, 15) is 14.0 Å². The van der Waals surface area contributed by atoms with Crippen molar-refractivity contribution in [1.29, 1.82) is 0 Å². The van der Waals surface area contributed by atoms with Gasteiger partial charge in [0.1, 0.15) is 17.3 Å². The van der Waals surface area contributed by atoms with E-state index in [-0.39, 0.29) is 17.2 Å². The number of hydrogen-bond acceptors (Lipinski definition) is 4. The fourth-order valence-corrected chi connectivity index (χ4v) is 2.06. The maximum absolute atomic E-state index is 13.6. The highest BCUT2D eigenvalue weighted by molar-refractivity contribution is 5.98. The van der Waals surface area contributed by atoms with E-state index in [2.05, 4.69) is 5.32 Å². The lowest BCUT2D eigenvalue weighted by atomic mass is 10.1. The summed E-state index contributed by atoms with van der Waals surface area (Å²) in [6.45, 7) is 2.92. The van der Waals surface area contributed by atoms with Crippen LogP contribution < -0.4 is 14.8 Å². The second-order valence-electron chi connectivity index (χ2n) is 5.15. The number of anilines is 1. The van der Waals surface area contributed by atoms with E-state index < -0.39 is 17.8 Å². The number of rotatable bonds is 6. The molecule has 2 aromatic rings. The van der Waals surface area contributed by atoms with Crippen molar-refractivity contribution in [3.05, 3.63) is 53.8 Å². The third kappa shape index (κ3) is 4.10. The number of halogens is 1. The molecule has 0 spiro atoms. The highest BCUT2D eigenvalue weighted by Crippen LogP contribution is 2.26. The van der Waals surface area contributed by atoms with E-state index in [1.807, 2.05) is 0 Å². The quantitative estimate of drug-likeness (QED) is 0.824. The van der Waals surface area contributed by atoms with Crippen LogP contribution in [-0.4, -0.2) is 24.9 Å². The minimum atomic E-state index is -0.935. The Morgan fingerprint density at radius 1 is 1.17 bits per heavy atom. The lowest BCUT2D eigenvalue weighted by molar-refractivity contribution is -0.122. The fourth-order valence-electron chi connectivity index (χ4n) is 2.06. The van der Waals surface area contributed by atoms with Crippen molar-refractivity contribution in [2.24, 2.45) is 0 Å². The molecule has 1 unspecified atom stereocenters. The van der Waals surface area contributed by atoms with Gasteiger partial charge in [0.05, 0.1) is 18.4 Å². The molecule has 6 heteroatoms. The molecule has 0 aliphatic carbocycles. The van der Waals surface area contributed by atoms with Crippen molar-refractivity contribution in [1.82, 2.24) is 0 Å². The first-order valence-corrected chi connectivity index (χ1v) is 7.33. The third-order valence-corrected chi connectivity index (χ3v) is 3.37. The van der Waals surface area contributed by atoms with Gasteiger partial charge in [-0.1, -0.05) is 12.1 Å². The molecule has 1 atom stereocenters. The predicted octanol–water partition coefficient (Wildman–Crippen LogP) is 3.44. The molecule has 1 amide bonds. The summed E-state index contributed by atoms with van der Waals surface area (Å²) in [4.78, 5) is 23.9. The predicted molar refractivity (Wildman–Crippen MR) is 88.1 cm³/mol. The van der Waals surface area contributed by atoms with Crippen LogP contribution in [0.1, 0.15) is 24.2 Å². The molecule has 0 aliphatic rings. The zero-order chi connectivity index (χ0) is 17.7. The number of amides is 1. The summed E-state index contributed by atoms with van der Waals surface area (Å²) in [7, 11) is 1.49. The van der Waals surface area contributed by atoms with E-state index in [0.29, 0.717) is 11.3 Å². The largest absolute Gasteiger partial charge is 0.497 e. The normalized spacial score (nSPS) is 11.5. The van der Waals surface area contributed by atoms with Crippen LogP contribution in [0, 0.1) is 5.82 Å². The standard InChI is InChI=1S/C18H18FNO4/c1-11(21)14-9-8-13(23-3)10-17(14)24-12(2)18(22)20-16-7-5-4-6-15(16)19/h4-10,12H,1-3H3,(H,20,22). The minimum Gasteiger partial charge on any atom is -0.497 e. The highest BCUT2D eigenvalue weighted by Gasteiger charge is 2.19. The fraction of sp³-hybridized carbons (Fsp3) is 0.222. The Kier molecular flexibility index (Phi) is 5.52. The first-order chi connectivity index (χ1) is 11.4. The van der Waals surface area contributed by atoms with Gasteiger partial charge in [0.2, 0.25) is 0 Å². The Morgan fingerprint density at radius 2 is 1.88 bits per heavy atom. The van der Waals surface area contributed by atoms with Crippen LogP contribution in [0.4, 0.5) is 10.1 Å². The molecular formula is C18H18FNO4. The van der Waals surface area contributed by atoms with E-state index in [1.165, 1.54) is 45.2 Å². The number of ketones is 1. The molecule has 24 heavy (non-hydrogen) atoms. The molecule has 0 bridgehead atoms. The average Bonchev–Trinajstić information content (AvgIpc) is 2.56. The maximum atomic E-state index is 13.6. The topological polar surface area (TPSA) is 64.6 Å². The summed E-state index contributed by atoms with van der Waals surface area (Å²) in [5.41, 5.74) is 0.400. The minimum absolute atomic E-state index is 0.0652. The molecule has 0 radical (unpaired) electrons. The summed E-state index contributed by atoms with van der Waals surface area (Å²) >= 11 is 0. The lowest BCUT2D eigenvalue weighted by Gasteiger charge is -2.17. The Balaban J connectivity index is 2.16. The SMILES string of the molecule is COc1ccc(C(C)=O)c(OC(C)C(=O)Nc2ccccc2F)c1. The van der Waals surface area contributed by atoms with Gasteiger partial charge in [0.25, 0.3) is 5.91 Å². The van der Waals surface area contributed by atoms with Crippen LogP contribution in [0.3, 0.4) is 0 Å². The molecule has 0 heterocycles. The number of Topliss-reactive ketones (excluding diaryl/α,β-unsaturated/α-hetero) is 1. The highest BCUT2D eigenvalue weighted by atomic mass is 19.1. The van der Waals surface area contributed by atoms with Crippen molar-refractivity contribution in [3.63, 3.8) is 0 Å². The summed E-state index contributed by atoms with van der Waals surface area (Å²) in [6.07, 6.45) is -0.935. The maximum Gasteiger partial charge on any atom is 0.265 e. The number of ether oxygens (including phenoxy) is 2. The number of nitrogens with one attached hydrogen (secondary N) is 1. The van der Waals surface area contributed by atoms with Crippen LogP contribution in [0.5, 0.6) is 11.5 Å². The summed E-state index contributed by atoms with van der Waals surface area (Å²) in [6, 6.07) is 10.6. The number of carbonyl (C=O) groups is 2. The van der Waals surface area contributed by atoms with E-state index >= 15 is 0 Å². The van der Waals surface area contributed by atoms with E-state index in [0.717, 1.165) is 0 Å².